The van der Waals surface area contributed by atoms with Gasteiger partial charge in [0.15, 0.2) is 0 Å². The Kier molecular flexibility index (Phi) is 7.63. The minimum atomic E-state index is -0.432. The number of ether oxygens (including phenoxy) is 1. The van der Waals surface area contributed by atoms with Gasteiger partial charge in [-0.2, -0.15) is 0 Å². The van der Waals surface area contributed by atoms with Crippen molar-refractivity contribution in [3.8, 4) is 0 Å². The van der Waals surface area contributed by atoms with Crippen LogP contribution in [0, 0.1) is 0 Å². The van der Waals surface area contributed by atoms with Gasteiger partial charge in [0.05, 0.1) is 0 Å². The lowest BCUT2D eigenvalue weighted by Crippen LogP contribution is -2.44. The molecule has 0 aliphatic heterocycles. The van der Waals surface area contributed by atoms with E-state index in [1.165, 1.54) is 0 Å². The summed E-state index contributed by atoms with van der Waals surface area (Å²) in [5, 5.41) is 6.69. The molecule has 5 heteroatoms. The smallest absolute Gasteiger partial charge is 0.407 e. The molecular formula is C17H35N3O2. The minimum Gasteiger partial charge on any atom is -0.444 e. The van der Waals surface area contributed by atoms with Crippen LogP contribution in [0.2, 0.25) is 0 Å². The molecule has 0 saturated heterocycles. The molecule has 3 atom stereocenters. The van der Waals surface area contributed by atoms with Crippen LogP contribution in [-0.4, -0.2) is 54.4 Å². The second kappa shape index (κ2) is 8.73. The largest absolute Gasteiger partial charge is 0.444 e. The van der Waals surface area contributed by atoms with Gasteiger partial charge in [0, 0.05) is 24.7 Å². The summed E-state index contributed by atoms with van der Waals surface area (Å²) >= 11 is 0. The molecular weight excluding hydrogens is 278 g/mol. The van der Waals surface area contributed by atoms with Gasteiger partial charge in [-0.05, 0) is 60.0 Å². The Labute approximate surface area is 136 Å². The first-order chi connectivity index (χ1) is 10.2. The van der Waals surface area contributed by atoms with Crippen LogP contribution in [0.4, 0.5) is 4.79 Å². The van der Waals surface area contributed by atoms with Crippen LogP contribution in [0.1, 0.15) is 60.8 Å². The maximum atomic E-state index is 11.8. The number of carbonyl (C=O) groups excluding carboxylic acids is 1. The van der Waals surface area contributed by atoms with E-state index in [-0.39, 0.29) is 12.1 Å². The van der Waals surface area contributed by atoms with E-state index < -0.39 is 5.60 Å². The molecule has 0 aromatic rings. The summed E-state index contributed by atoms with van der Waals surface area (Å²) < 4.78 is 5.32. The summed E-state index contributed by atoms with van der Waals surface area (Å²) in [6.45, 7) is 15.6. The summed E-state index contributed by atoms with van der Waals surface area (Å²) in [5.41, 5.74) is -0.432. The third-order valence-corrected chi connectivity index (χ3v) is 4.10. The quantitative estimate of drug-likeness (QED) is 0.759. The zero-order valence-corrected chi connectivity index (χ0v) is 15.2. The molecule has 1 aliphatic carbocycles. The SMILES string of the molecule is CCN(CC)CC(C)NC1CCC(NC(=O)OC(C)(C)C)C1. The number of amides is 1. The molecule has 0 heterocycles. The monoisotopic (exact) mass is 313 g/mol. The maximum absolute atomic E-state index is 11.8. The van der Waals surface area contributed by atoms with Crippen molar-refractivity contribution in [3.63, 3.8) is 0 Å². The van der Waals surface area contributed by atoms with Gasteiger partial charge in [0.2, 0.25) is 0 Å². The van der Waals surface area contributed by atoms with Gasteiger partial charge in [0.1, 0.15) is 5.60 Å². The predicted molar refractivity (Wildman–Crippen MR) is 91.2 cm³/mol. The average molecular weight is 313 g/mol. The van der Waals surface area contributed by atoms with Crippen molar-refractivity contribution in [2.45, 2.75) is 84.5 Å². The molecule has 0 spiro atoms. The van der Waals surface area contributed by atoms with Crippen molar-refractivity contribution in [1.29, 1.82) is 0 Å². The molecule has 1 fully saturated rings. The highest BCUT2D eigenvalue weighted by atomic mass is 16.6. The number of alkyl carbamates (subject to hydrolysis) is 1. The molecule has 1 amide bonds. The van der Waals surface area contributed by atoms with Gasteiger partial charge in [-0.15, -0.1) is 0 Å². The van der Waals surface area contributed by atoms with Gasteiger partial charge in [0.25, 0.3) is 0 Å². The molecule has 0 radical (unpaired) electrons. The molecule has 0 aromatic heterocycles. The van der Waals surface area contributed by atoms with Gasteiger partial charge < -0.3 is 20.3 Å². The fourth-order valence-electron chi connectivity index (χ4n) is 3.06. The molecule has 1 saturated carbocycles. The summed E-state index contributed by atoms with van der Waals surface area (Å²) in [7, 11) is 0. The van der Waals surface area contributed by atoms with Gasteiger partial charge >= 0.3 is 6.09 Å². The lowest BCUT2D eigenvalue weighted by molar-refractivity contribution is 0.0505. The third-order valence-electron chi connectivity index (χ3n) is 4.10. The minimum absolute atomic E-state index is 0.230. The second-order valence-electron chi connectivity index (χ2n) is 7.41. The molecule has 1 rings (SSSR count). The summed E-state index contributed by atoms with van der Waals surface area (Å²) in [5.74, 6) is 0. The number of hydrogen-bond acceptors (Lipinski definition) is 4. The van der Waals surface area contributed by atoms with E-state index in [0.29, 0.717) is 12.1 Å². The first kappa shape index (κ1) is 19.2. The lowest BCUT2D eigenvalue weighted by atomic mass is 10.2. The molecule has 3 unspecified atom stereocenters. The van der Waals surface area contributed by atoms with E-state index in [1.807, 2.05) is 20.8 Å². The fourth-order valence-corrected chi connectivity index (χ4v) is 3.06. The fraction of sp³-hybridized carbons (Fsp3) is 0.941. The molecule has 0 bridgehead atoms. The van der Waals surface area contributed by atoms with E-state index in [9.17, 15) is 4.79 Å². The Bertz CT molecular complexity index is 337. The van der Waals surface area contributed by atoms with E-state index >= 15 is 0 Å². The van der Waals surface area contributed by atoms with Crippen molar-refractivity contribution in [2.75, 3.05) is 19.6 Å². The van der Waals surface area contributed by atoms with Crippen LogP contribution in [0.15, 0.2) is 0 Å². The van der Waals surface area contributed by atoms with Crippen molar-refractivity contribution < 1.29 is 9.53 Å². The molecule has 22 heavy (non-hydrogen) atoms. The summed E-state index contributed by atoms with van der Waals surface area (Å²) in [6.07, 6.45) is 2.83. The van der Waals surface area contributed by atoms with E-state index in [2.05, 4.69) is 36.3 Å². The Balaban J connectivity index is 2.29. The van der Waals surface area contributed by atoms with Crippen LogP contribution < -0.4 is 10.6 Å². The van der Waals surface area contributed by atoms with Crippen LogP contribution in [0.5, 0.6) is 0 Å². The topological polar surface area (TPSA) is 53.6 Å². The highest BCUT2D eigenvalue weighted by molar-refractivity contribution is 5.68. The number of nitrogens with zero attached hydrogens (tertiary/aromatic N) is 1. The lowest BCUT2D eigenvalue weighted by Gasteiger charge is -2.26. The highest BCUT2D eigenvalue weighted by Crippen LogP contribution is 2.20. The zero-order chi connectivity index (χ0) is 16.8. The van der Waals surface area contributed by atoms with Crippen molar-refractivity contribution in [2.24, 2.45) is 0 Å². The number of hydrogen-bond donors (Lipinski definition) is 2. The third kappa shape index (κ3) is 7.45. The Morgan fingerprint density at radius 2 is 1.82 bits per heavy atom. The van der Waals surface area contributed by atoms with Crippen LogP contribution in [-0.2, 0) is 4.74 Å². The van der Waals surface area contributed by atoms with Crippen LogP contribution >= 0.6 is 0 Å². The normalized spacial score (nSPS) is 23.6. The summed E-state index contributed by atoms with van der Waals surface area (Å²) in [6, 6.07) is 1.20. The maximum Gasteiger partial charge on any atom is 0.407 e. The first-order valence-electron chi connectivity index (χ1n) is 8.71. The molecule has 2 N–H and O–H groups in total. The molecule has 1 aliphatic rings. The van der Waals surface area contributed by atoms with Gasteiger partial charge in [-0.25, -0.2) is 4.79 Å². The van der Waals surface area contributed by atoms with Gasteiger partial charge in [-0.1, -0.05) is 13.8 Å². The molecule has 130 valence electrons. The zero-order valence-electron chi connectivity index (χ0n) is 15.2. The number of nitrogens with one attached hydrogen (secondary N) is 2. The van der Waals surface area contributed by atoms with Crippen molar-refractivity contribution >= 4 is 6.09 Å². The first-order valence-corrected chi connectivity index (χ1v) is 8.71. The highest BCUT2D eigenvalue weighted by Gasteiger charge is 2.28. The van der Waals surface area contributed by atoms with Crippen LogP contribution in [0.25, 0.3) is 0 Å². The van der Waals surface area contributed by atoms with Crippen LogP contribution in [0.3, 0.4) is 0 Å². The Morgan fingerprint density at radius 1 is 1.23 bits per heavy atom. The van der Waals surface area contributed by atoms with E-state index in [0.717, 1.165) is 38.9 Å². The van der Waals surface area contributed by atoms with Gasteiger partial charge in [-0.3, -0.25) is 0 Å². The number of carbonyl (C=O) groups is 1. The van der Waals surface area contributed by atoms with E-state index in [4.69, 9.17) is 4.74 Å². The van der Waals surface area contributed by atoms with Crippen molar-refractivity contribution in [1.82, 2.24) is 15.5 Å². The predicted octanol–water partition coefficient (Wildman–Crippen LogP) is 2.75. The molecule has 0 aromatic carbocycles. The van der Waals surface area contributed by atoms with E-state index in [1.54, 1.807) is 0 Å². The Morgan fingerprint density at radius 3 is 2.36 bits per heavy atom. The van der Waals surface area contributed by atoms with Crippen molar-refractivity contribution in [3.05, 3.63) is 0 Å². The summed E-state index contributed by atoms with van der Waals surface area (Å²) in [4.78, 5) is 14.2. The average Bonchev–Trinajstić information content (AvgIpc) is 2.80. The Hall–Kier alpha value is -0.810. The second-order valence-corrected chi connectivity index (χ2v) is 7.41. The number of likely N-dealkylation sites (N-methyl/N-ethyl adjacent to an activating group) is 1. The standard InChI is InChI=1S/C17H35N3O2/c1-7-20(8-2)12-13(3)18-14-9-10-15(11-14)19-16(21)22-17(4,5)6/h13-15,18H,7-12H2,1-6H3,(H,19,21). The molecule has 5 nitrogen and oxygen atoms in total. The number of rotatable bonds is 7.